The molecule has 0 heterocycles. The molecule has 0 radical (unpaired) electrons. The van der Waals surface area contributed by atoms with Crippen LogP contribution in [0.5, 0.6) is 0 Å². The Morgan fingerprint density at radius 3 is 1.50 bits per heavy atom. The smallest absolute Gasteiger partial charge is 0.230 e. The minimum atomic E-state index is -4.42. The molecule has 0 aliphatic carbocycles. The van der Waals surface area contributed by atoms with E-state index in [9.17, 15) is 3.89 Å². The van der Waals surface area contributed by atoms with Gasteiger partial charge in [0.15, 0.2) is 10.2 Å². The fraction of sp³-hybridized carbons (Fsp3) is 0. The van der Waals surface area contributed by atoms with Gasteiger partial charge in [-0.15, -0.1) is 3.89 Å². The van der Waals surface area contributed by atoms with Gasteiger partial charge in [-0.1, -0.05) is 0 Å². The van der Waals surface area contributed by atoms with Gasteiger partial charge in [-0.25, -0.2) is 8.42 Å². The molecule has 32 valence electrons. The Hall–Kier alpha value is 0.477. The van der Waals surface area contributed by atoms with Crippen molar-refractivity contribution < 1.29 is 31.2 Å². The van der Waals surface area contributed by atoms with Crippen molar-refractivity contribution in [3.05, 3.63) is 6.26 Å². The topological polar surface area (TPSA) is 34.1 Å². The predicted octanol–water partition coefficient (Wildman–Crippen LogP) is -2.92. The van der Waals surface area contributed by atoms with E-state index < -0.39 is 10.2 Å². The van der Waals surface area contributed by atoms with Crippen molar-refractivity contribution in [2.75, 3.05) is 0 Å². The second kappa shape index (κ2) is 2.62. The first-order chi connectivity index (χ1) is 2.00. The van der Waals surface area contributed by atoms with Crippen LogP contribution in [0.3, 0.4) is 0 Å². The van der Waals surface area contributed by atoms with Crippen LogP contribution in [0.4, 0.5) is 3.89 Å². The SMILES string of the molecule is [CH2-]S(=O)(=O)F.[Li+]. The van der Waals surface area contributed by atoms with Crippen molar-refractivity contribution in [2.45, 2.75) is 0 Å². The van der Waals surface area contributed by atoms with E-state index in [0.717, 1.165) is 0 Å². The van der Waals surface area contributed by atoms with Gasteiger partial charge in [0.1, 0.15) is 0 Å². The van der Waals surface area contributed by atoms with Gasteiger partial charge in [-0.2, -0.15) is 6.26 Å². The third-order valence-electron chi connectivity index (χ3n) is 0. The van der Waals surface area contributed by atoms with Crippen molar-refractivity contribution in [1.29, 1.82) is 0 Å². The van der Waals surface area contributed by atoms with Crippen LogP contribution in [0.25, 0.3) is 0 Å². The average molecular weight is 104 g/mol. The van der Waals surface area contributed by atoms with Crippen LogP contribution in [0.15, 0.2) is 0 Å². The second-order valence-corrected chi connectivity index (χ2v) is 1.62. The molecule has 0 N–H and O–H groups in total. The normalized spacial score (nSPS) is 9.67. The maximum absolute atomic E-state index is 10.5. The number of rotatable bonds is 0. The Kier molecular flexibility index (Phi) is 4.23. The van der Waals surface area contributed by atoms with Crippen LogP contribution < -0.4 is 18.9 Å². The third-order valence-corrected chi connectivity index (χ3v) is 0. The fourth-order valence-electron chi connectivity index (χ4n) is 0. The van der Waals surface area contributed by atoms with Crippen LogP contribution >= 0.6 is 0 Å². The summed E-state index contributed by atoms with van der Waals surface area (Å²) in [5.41, 5.74) is 0. The van der Waals surface area contributed by atoms with Gasteiger partial charge in [0.2, 0.25) is 0 Å². The fourth-order valence-corrected chi connectivity index (χ4v) is 0. The van der Waals surface area contributed by atoms with E-state index >= 15 is 0 Å². The van der Waals surface area contributed by atoms with Crippen LogP contribution in [0, 0.1) is 6.26 Å². The Morgan fingerprint density at radius 1 is 1.50 bits per heavy atom. The molecular formula is CH2FLiO2S. The first-order valence-corrected chi connectivity index (χ1v) is 2.33. The van der Waals surface area contributed by atoms with Gasteiger partial charge in [-0.3, -0.25) is 0 Å². The summed E-state index contributed by atoms with van der Waals surface area (Å²) in [7, 11) is -4.42. The molecule has 5 heteroatoms. The van der Waals surface area contributed by atoms with Gasteiger partial charge >= 0.3 is 18.9 Å². The van der Waals surface area contributed by atoms with Gasteiger partial charge in [-0.05, 0) is 0 Å². The zero-order valence-electron chi connectivity index (χ0n) is 3.31. The van der Waals surface area contributed by atoms with Crippen LogP contribution in [0.2, 0.25) is 0 Å². The van der Waals surface area contributed by atoms with Crippen molar-refractivity contribution in [3.63, 3.8) is 0 Å². The van der Waals surface area contributed by atoms with Gasteiger partial charge in [0, 0.05) is 0 Å². The molecule has 0 aromatic carbocycles. The maximum atomic E-state index is 10.5. The molecule has 0 spiro atoms. The van der Waals surface area contributed by atoms with Gasteiger partial charge < -0.3 is 0 Å². The Bertz CT molecular complexity index is 96.7. The summed E-state index contributed by atoms with van der Waals surface area (Å²) in [6.45, 7) is 0. The molecule has 0 saturated carbocycles. The van der Waals surface area contributed by atoms with Crippen molar-refractivity contribution >= 4 is 10.2 Å². The maximum Gasteiger partial charge on any atom is 1.00 e. The van der Waals surface area contributed by atoms with E-state index in [1.807, 2.05) is 0 Å². The first kappa shape index (κ1) is 9.69. The summed E-state index contributed by atoms with van der Waals surface area (Å²) in [5, 5.41) is 0. The monoisotopic (exact) mass is 104 g/mol. The number of halogens is 1. The van der Waals surface area contributed by atoms with E-state index in [0.29, 0.717) is 0 Å². The summed E-state index contributed by atoms with van der Waals surface area (Å²) < 4.78 is 28.3. The first-order valence-electron chi connectivity index (χ1n) is 0.776. The summed E-state index contributed by atoms with van der Waals surface area (Å²) in [4.78, 5) is 0. The summed E-state index contributed by atoms with van der Waals surface area (Å²) >= 11 is 0. The van der Waals surface area contributed by atoms with Gasteiger partial charge in [0.05, 0.1) is 0 Å². The molecule has 0 aromatic rings. The van der Waals surface area contributed by atoms with E-state index in [4.69, 9.17) is 8.42 Å². The zero-order chi connectivity index (χ0) is 4.50. The minimum Gasteiger partial charge on any atom is -0.230 e. The van der Waals surface area contributed by atoms with Crippen molar-refractivity contribution in [2.24, 2.45) is 0 Å². The summed E-state index contributed by atoms with van der Waals surface area (Å²) in [6.07, 6.45) is 2.08. The second-order valence-electron chi connectivity index (χ2n) is 0.539. The molecule has 0 aliphatic heterocycles. The zero-order valence-corrected chi connectivity index (χ0v) is 4.13. The van der Waals surface area contributed by atoms with E-state index in [2.05, 4.69) is 6.26 Å². The standard InChI is InChI=1S/CH2FO2S.Li/c1-5(2,3)4;/h1H2;/q-1;+1. The summed E-state index contributed by atoms with van der Waals surface area (Å²) in [6, 6.07) is 0. The average Bonchev–Trinajstić information content (AvgIpc) is 0.722. The Balaban J connectivity index is 0. The van der Waals surface area contributed by atoms with Crippen LogP contribution in [-0.2, 0) is 10.2 Å². The number of hydrogen-bond acceptors (Lipinski definition) is 2. The molecule has 0 unspecified atom stereocenters. The molecule has 2 nitrogen and oxygen atoms in total. The van der Waals surface area contributed by atoms with Crippen LogP contribution in [-0.4, -0.2) is 8.42 Å². The molecule has 6 heavy (non-hydrogen) atoms. The van der Waals surface area contributed by atoms with Crippen LogP contribution in [0.1, 0.15) is 0 Å². The molecule has 0 aliphatic rings. The molecule has 0 rings (SSSR count). The van der Waals surface area contributed by atoms with E-state index in [-0.39, 0.29) is 18.9 Å². The molecule has 0 saturated heterocycles. The molecular weight excluding hydrogens is 102 g/mol. The Labute approximate surface area is 48.1 Å². The number of hydrogen-bond donors (Lipinski definition) is 0. The molecule has 0 atom stereocenters. The molecule has 0 aromatic heterocycles. The van der Waals surface area contributed by atoms with Gasteiger partial charge in [0.25, 0.3) is 0 Å². The molecule has 0 fully saturated rings. The third kappa shape index (κ3) is 238. The van der Waals surface area contributed by atoms with E-state index in [1.165, 1.54) is 0 Å². The van der Waals surface area contributed by atoms with E-state index in [1.54, 1.807) is 0 Å². The van der Waals surface area contributed by atoms with Crippen molar-refractivity contribution in [1.82, 2.24) is 0 Å². The minimum absolute atomic E-state index is 0. The largest absolute Gasteiger partial charge is 1.00 e. The Morgan fingerprint density at radius 2 is 1.50 bits per heavy atom. The predicted molar refractivity (Wildman–Crippen MR) is 15.4 cm³/mol. The quantitative estimate of drug-likeness (QED) is 0.187. The molecule has 0 amide bonds. The van der Waals surface area contributed by atoms with Crippen molar-refractivity contribution in [3.8, 4) is 0 Å². The molecule has 0 bridgehead atoms. The summed E-state index contributed by atoms with van der Waals surface area (Å²) in [5.74, 6) is 0.